The largest absolute Gasteiger partial charge is 0.497 e. The molecule has 0 fully saturated rings. The Morgan fingerprint density at radius 2 is 2.00 bits per heavy atom. The number of aromatic nitrogens is 4. The van der Waals surface area contributed by atoms with E-state index in [0.717, 1.165) is 11.1 Å². The van der Waals surface area contributed by atoms with E-state index in [4.69, 9.17) is 4.74 Å². The molecule has 1 aromatic heterocycles. The van der Waals surface area contributed by atoms with Gasteiger partial charge in [-0.3, -0.25) is 4.79 Å². The van der Waals surface area contributed by atoms with Crippen molar-refractivity contribution >= 4 is 5.91 Å². The molecule has 7 nitrogen and oxygen atoms in total. The Morgan fingerprint density at radius 3 is 2.76 bits per heavy atom. The van der Waals surface area contributed by atoms with Crippen LogP contribution in [0.5, 0.6) is 5.75 Å². The predicted molar refractivity (Wildman–Crippen MR) is 92.8 cm³/mol. The van der Waals surface area contributed by atoms with E-state index in [1.54, 1.807) is 7.11 Å². The van der Waals surface area contributed by atoms with Crippen molar-refractivity contribution in [3.8, 4) is 17.1 Å². The highest BCUT2D eigenvalue weighted by Gasteiger charge is 2.12. The highest BCUT2D eigenvalue weighted by atomic mass is 16.5. The first-order chi connectivity index (χ1) is 12.2. The first-order valence-electron chi connectivity index (χ1n) is 7.92. The van der Waals surface area contributed by atoms with Gasteiger partial charge < -0.3 is 10.1 Å². The zero-order valence-corrected chi connectivity index (χ0v) is 14.1. The molecule has 1 atom stereocenters. The van der Waals surface area contributed by atoms with Crippen LogP contribution in [0.4, 0.5) is 0 Å². The molecule has 3 rings (SSSR count). The van der Waals surface area contributed by atoms with Crippen molar-refractivity contribution in [3.05, 3.63) is 60.2 Å². The van der Waals surface area contributed by atoms with Gasteiger partial charge in [0.05, 0.1) is 13.2 Å². The Hall–Kier alpha value is -3.22. The number of hydrogen-bond donors (Lipinski definition) is 1. The molecule has 0 spiro atoms. The van der Waals surface area contributed by atoms with Crippen LogP contribution in [0.1, 0.15) is 18.5 Å². The van der Waals surface area contributed by atoms with Crippen LogP contribution in [-0.2, 0) is 11.3 Å². The molecule has 0 saturated carbocycles. The van der Waals surface area contributed by atoms with Crippen LogP contribution in [-0.4, -0.2) is 33.2 Å². The molecule has 1 N–H and O–H groups in total. The molecule has 2 aromatic carbocycles. The fraction of sp³-hybridized carbons (Fsp3) is 0.222. The summed E-state index contributed by atoms with van der Waals surface area (Å²) in [5.41, 5.74) is 1.82. The molecular weight excluding hydrogens is 318 g/mol. The number of methoxy groups -OCH3 is 1. The van der Waals surface area contributed by atoms with Crippen molar-refractivity contribution < 1.29 is 9.53 Å². The third-order valence-electron chi connectivity index (χ3n) is 3.74. The zero-order chi connectivity index (χ0) is 17.6. The molecule has 25 heavy (non-hydrogen) atoms. The number of carbonyl (C=O) groups is 1. The van der Waals surface area contributed by atoms with Crippen LogP contribution in [0.25, 0.3) is 11.4 Å². The van der Waals surface area contributed by atoms with Gasteiger partial charge in [0.1, 0.15) is 12.3 Å². The number of tetrazole rings is 1. The standard InChI is InChI=1S/C18H19N5O2/c1-13(14-7-4-3-5-8-14)19-17(24)12-23-21-18(20-22-23)15-9-6-10-16(11-15)25-2/h3-11,13H,12H2,1-2H3,(H,19,24). The molecule has 1 unspecified atom stereocenters. The second kappa shape index (κ2) is 7.57. The summed E-state index contributed by atoms with van der Waals surface area (Å²) >= 11 is 0. The number of benzene rings is 2. The van der Waals surface area contributed by atoms with Gasteiger partial charge >= 0.3 is 0 Å². The maximum atomic E-state index is 12.2. The van der Waals surface area contributed by atoms with Crippen LogP contribution in [0.3, 0.4) is 0 Å². The van der Waals surface area contributed by atoms with Crippen molar-refractivity contribution in [1.29, 1.82) is 0 Å². The summed E-state index contributed by atoms with van der Waals surface area (Å²) in [5, 5.41) is 15.1. The number of amides is 1. The molecular formula is C18H19N5O2. The van der Waals surface area contributed by atoms with Crippen molar-refractivity contribution in [3.63, 3.8) is 0 Å². The molecule has 0 aliphatic carbocycles. The third-order valence-corrected chi connectivity index (χ3v) is 3.74. The maximum Gasteiger partial charge on any atom is 0.244 e. The molecule has 0 aliphatic heterocycles. The summed E-state index contributed by atoms with van der Waals surface area (Å²) in [5.74, 6) is 0.983. The third kappa shape index (κ3) is 4.20. The fourth-order valence-corrected chi connectivity index (χ4v) is 2.43. The van der Waals surface area contributed by atoms with E-state index >= 15 is 0 Å². The number of carbonyl (C=O) groups excluding carboxylic acids is 1. The van der Waals surface area contributed by atoms with E-state index in [0.29, 0.717) is 11.6 Å². The molecule has 1 amide bonds. The lowest BCUT2D eigenvalue weighted by atomic mass is 10.1. The molecule has 1 heterocycles. The topological polar surface area (TPSA) is 81.9 Å². The Morgan fingerprint density at radius 1 is 1.20 bits per heavy atom. The molecule has 3 aromatic rings. The van der Waals surface area contributed by atoms with Crippen molar-refractivity contribution in [2.75, 3.05) is 7.11 Å². The second-order valence-corrected chi connectivity index (χ2v) is 5.58. The van der Waals surface area contributed by atoms with Gasteiger partial charge in [0.15, 0.2) is 0 Å². The fourth-order valence-electron chi connectivity index (χ4n) is 2.43. The Labute approximate surface area is 145 Å². The maximum absolute atomic E-state index is 12.2. The van der Waals surface area contributed by atoms with Crippen molar-refractivity contribution in [2.24, 2.45) is 0 Å². The molecule has 0 bridgehead atoms. The van der Waals surface area contributed by atoms with Gasteiger partial charge in [0.2, 0.25) is 11.7 Å². The summed E-state index contributed by atoms with van der Waals surface area (Å²) < 4.78 is 5.19. The van der Waals surface area contributed by atoms with Crippen LogP contribution in [0, 0.1) is 0 Å². The zero-order valence-electron chi connectivity index (χ0n) is 14.1. The second-order valence-electron chi connectivity index (χ2n) is 5.58. The SMILES string of the molecule is COc1cccc(-c2nnn(CC(=O)NC(C)c3ccccc3)n2)c1. The first-order valence-corrected chi connectivity index (χ1v) is 7.92. The smallest absolute Gasteiger partial charge is 0.244 e. The monoisotopic (exact) mass is 337 g/mol. The quantitative estimate of drug-likeness (QED) is 0.746. The summed E-state index contributed by atoms with van der Waals surface area (Å²) in [6.07, 6.45) is 0. The number of hydrogen-bond acceptors (Lipinski definition) is 5. The van der Waals surface area contributed by atoms with Crippen molar-refractivity contribution in [1.82, 2.24) is 25.5 Å². The molecule has 0 saturated heterocycles. The van der Waals surface area contributed by atoms with Crippen LogP contribution in [0.2, 0.25) is 0 Å². The van der Waals surface area contributed by atoms with Gasteiger partial charge in [0, 0.05) is 5.56 Å². The lowest BCUT2D eigenvalue weighted by Crippen LogP contribution is -2.30. The lowest BCUT2D eigenvalue weighted by molar-refractivity contribution is -0.122. The van der Waals surface area contributed by atoms with Crippen LogP contribution >= 0.6 is 0 Å². The normalized spacial score (nSPS) is 11.8. The number of rotatable bonds is 6. The molecule has 0 radical (unpaired) electrons. The molecule has 0 aliphatic rings. The van der Waals surface area contributed by atoms with Gasteiger partial charge in [-0.1, -0.05) is 42.5 Å². The summed E-state index contributed by atoms with van der Waals surface area (Å²) in [6.45, 7) is 1.94. The molecule has 128 valence electrons. The lowest BCUT2D eigenvalue weighted by Gasteiger charge is -2.13. The van der Waals surface area contributed by atoms with E-state index in [9.17, 15) is 4.79 Å². The van der Waals surface area contributed by atoms with E-state index in [1.807, 2.05) is 61.5 Å². The van der Waals surface area contributed by atoms with Crippen molar-refractivity contribution in [2.45, 2.75) is 19.5 Å². The number of nitrogens with zero attached hydrogens (tertiary/aromatic N) is 4. The average molecular weight is 337 g/mol. The first kappa shape index (κ1) is 16.6. The highest BCUT2D eigenvalue weighted by molar-refractivity contribution is 5.76. The van der Waals surface area contributed by atoms with Gasteiger partial charge in [-0.15, -0.1) is 10.2 Å². The van der Waals surface area contributed by atoms with Crippen LogP contribution < -0.4 is 10.1 Å². The average Bonchev–Trinajstić information content (AvgIpc) is 3.10. The Kier molecular flexibility index (Phi) is 5.03. The minimum atomic E-state index is -0.175. The summed E-state index contributed by atoms with van der Waals surface area (Å²) in [7, 11) is 1.60. The summed E-state index contributed by atoms with van der Waals surface area (Å²) in [4.78, 5) is 13.5. The van der Waals surface area contributed by atoms with Gasteiger partial charge in [-0.05, 0) is 29.8 Å². The van der Waals surface area contributed by atoms with E-state index in [-0.39, 0.29) is 18.5 Å². The van der Waals surface area contributed by atoms with Crippen LogP contribution in [0.15, 0.2) is 54.6 Å². The summed E-state index contributed by atoms with van der Waals surface area (Å²) in [6, 6.07) is 17.1. The predicted octanol–water partition coefficient (Wildman–Crippen LogP) is 2.23. The van der Waals surface area contributed by atoms with Gasteiger partial charge in [-0.25, -0.2) is 0 Å². The molecule has 7 heteroatoms. The Bertz CT molecular complexity index is 847. The van der Waals surface area contributed by atoms with E-state index in [2.05, 4.69) is 20.7 Å². The minimum Gasteiger partial charge on any atom is -0.497 e. The van der Waals surface area contributed by atoms with E-state index in [1.165, 1.54) is 4.80 Å². The van der Waals surface area contributed by atoms with E-state index < -0.39 is 0 Å². The Balaban J connectivity index is 1.63. The number of nitrogens with one attached hydrogen (secondary N) is 1. The van der Waals surface area contributed by atoms with Gasteiger partial charge in [-0.2, -0.15) is 4.80 Å². The van der Waals surface area contributed by atoms with Gasteiger partial charge in [0.25, 0.3) is 0 Å². The minimum absolute atomic E-state index is 0.00808. The number of ether oxygens (including phenoxy) is 1. The highest BCUT2D eigenvalue weighted by Crippen LogP contribution is 2.19.